The zero-order chi connectivity index (χ0) is 12.7. The van der Waals surface area contributed by atoms with Crippen LogP contribution in [-0.4, -0.2) is 13.2 Å². The fourth-order valence-corrected chi connectivity index (χ4v) is 1.35. The summed E-state index contributed by atoms with van der Waals surface area (Å²) in [6.45, 7) is 1.00. The van der Waals surface area contributed by atoms with Gasteiger partial charge in [-0.1, -0.05) is 24.3 Å². The number of benzene rings is 1. The van der Waals surface area contributed by atoms with Crippen molar-refractivity contribution >= 4 is 0 Å². The van der Waals surface area contributed by atoms with Gasteiger partial charge in [0.15, 0.2) is 0 Å². The van der Waals surface area contributed by atoms with Gasteiger partial charge in [-0.2, -0.15) is 14.0 Å². The standard InChI is InChI=1S/C12H12F2N2O/c1-2-7-16-10(8-15)9-5-3-4-6-11(9)17-12(13)14/h2-6,10,12,16H,1,7H2. The summed E-state index contributed by atoms with van der Waals surface area (Å²) in [5.74, 6) is 0.00520. The molecule has 0 radical (unpaired) electrons. The Bertz CT molecular complexity index is 415. The van der Waals surface area contributed by atoms with E-state index in [0.717, 1.165) is 0 Å². The first-order valence-electron chi connectivity index (χ1n) is 4.96. The number of hydrogen-bond acceptors (Lipinski definition) is 3. The molecule has 0 saturated heterocycles. The number of ether oxygens (including phenoxy) is 1. The van der Waals surface area contributed by atoms with Gasteiger partial charge in [0.1, 0.15) is 11.8 Å². The van der Waals surface area contributed by atoms with Crippen molar-refractivity contribution in [3.63, 3.8) is 0 Å². The molecular weight excluding hydrogens is 226 g/mol. The fraction of sp³-hybridized carbons (Fsp3) is 0.250. The van der Waals surface area contributed by atoms with E-state index in [-0.39, 0.29) is 5.75 Å². The Morgan fingerprint density at radius 3 is 2.76 bits per heavy atom. The Hall–Kier alpha value is -1.93. The highest BCUT2D eigenvalue weighted by atomic mass is 19.3. The van der Waals surface area contributed by atoms with E-state index in [1.165, 1.54) is 6.07 Å². The van der Waals surface area contributed by atoms with Crippen LogP contribution in [0.25, 0.3) is 0 Å². The van der Waals surface area contributed by atoms with E-state index in [0.29, 0.717) is 12.1 Å². The van der Waals surface area contributed by atoms with Crippen LogP contribution in [0.15, 0.2) is 36.9 Å². The van der Waals surface area contributed by atoms with Crippen LogP contribution in [-0.2, 0) is 0 Å². The number of hydrogen-bond donors (Lipinski definition) is 1. The molecule has 1 rings (SSSR count). The van der Waals surface area contributed by atoms with Gasteiger partial charge in [0.25, 0.3) is 0 Å². The zero-order valence-corrected chi connectivity index (χ0v) is 9.07. The number of nitrogens with one attached hydrogen (secondary N) is 1. The molecule has 0 aliphatic rings. The maximum Gasteiger partial charge on any atom is 0.387 e. The molecule has 0 amide bonds. The van der Waals surface area contributed by atoms with Gasteiger partial charge in [-0.05, 0) is 6.07 Å². The molecule has 3 nitrogen and oxygen atoms in total. The van der Waals surface area contributed by atoms with Crippen LogP contribution < -0.4 is 10.1 Å². The first-order valence-corrected chi connectivity index (χ1v) is 4.96. The summed E-state index contributed by atoms with van der Waals surface area (Å²) in [7, 11) is 0. The van der Waals surface area contributed by atoms with Gasteiger partial charge in [0.2, 0.25) is 0 Å². The maximum atomic E-state index is 12.2. The van der Waals surface area contributed by atoms with Gasteiger partial charge >= 0.3 is 6.61 Å². The summed E-state index contributed by atoms with van der Waals surface area (Å²) in [5.41, 5.74) is 0.386. The second-order valence-electron chi connectivity index (χ2n) is 3.18. The van der Waals surface area contributed by atoms with Crippen molar-refractivity contribution in [2.24, 2.45) is 0 Å². The molecule has 0 heterocycles. The lowest BCUT2D eigenvalue weighted by Crippen LogP contribution is -2.21. The predicted molar refractivity (Wildman–Crippen MR) is 59.6 cm³/mol. The number of rotatable bonds is 6. The van der Waals surface area contributed by atoms with Crippen LogP contribution in [0.3, 0.4) is 0 Å². The molecule has 90 valence electrons. The van der Waals surface area contributed by atoms with E-state index in [4.69, 9.17) is 5.26 Å². The molecule has 1 N–H and O–H groups in total. The molecule has 0 spiro atoms. The molecular formula is C12H12F2N2O. The first-order chi connectivity index (χ1) is 8.19. The summed E-state index contributed by atoms with van der Waals surface area (Å²) < 4.78 is 28.7. The van der Waals surface area contributed by atoms with Crippen LogP contribution >= 0.6 is 0 Å². The normalized spacial score (nSPS) is 11.9. The molecule has 0 aliphatic carbocycles. The smallest absolute Gasteiger partial charge is 0.387 e. The molecule has 1 aromatic carbocycles. The lowest BCUT2D eigenvalue weighted by atomic mass is 10.1. The monoisotopic (exact) mass is 238 g/mol. The molecule has 1 aromatic rings. The van der Waals surface area contributed by atoms with Gasteiger partial charge in [-0.3, -0.25) is 5.32 Å². The topological polar surface area (TPSA) is 45.0 Å². The molecule has 17 heavy (non-hydrogen) atoms. The minimum atomic E-state index is -2.91. The van der Waals surface area contributed by atoms with Gasteiger partial charge < -0.3 is 4.74 Å². The molecule has 0 fully saturated rings. The summed E-state index contributed by atoms with van der Waals surface area (Å²) in [6, 6.07) is 7.49. The zero-order valence-electron chi connectivity index (χ0n) is 9.07. The summed E-state index contributed by atoms with van der Waals surface area (Å²) in [5, 5.41) is 11.8. The highest BCUT2D eigenvalue weighted by Crippen LogP contribution is 2.26. The van der Waals surface area contributed by atoms with Crippen LogP contribution in [0.4, 0.5) is 8.78 Å². The number of alkyl halides is 2. The van der Waals surface area contributed by atoms with E-state index in [2.05, 4.69) is 16.6 Å². The SMILES string of the molecule is C=CCNC(C#N)c1ccccc1OC(F)F. The van der Waals surface area contributed by atoms with E-state index >= 15 is 0 Å². The van der Waals surface area contributed by atoms with Gasteiger partial charge in [0, 0.05) is 12.1 Å². The minimum absolute atomic E-state index is 0.00520. The largest absolute Gasteiger partial charge is 0.434 e. The van der Waals surface area contributed by atoms with Crippen LogP contribution in [0.5, 0.6) is 5.75 Å². The quantitative estimate of drug-likeness (QED) is 0.775. The first kappa shape index (κ1) is 13.1. The van der Waals surface area contributed by atoms with E-state index in [1.807, 2.05) is 6.07 Å². The van der Waals surface area contributed by atoms with Crippen molar-refractivity contribution in [2.45, 2.75) is 12.7 Å². The van der Waals surface area contributed by atoms with Crippen LogP contribution in [0.1, 0.15) is 11.6 Å². The Balaban J connectivity index is 2.93. The van der Waals surface area contributed by atoms with Gasteiger partial charge in [0.05, 0.1) is 6.07 Å². The third-order valence-corrected chi connectivity index (χ3v) is 2.04. The Kier molecular flexibility index (Phi) is 5.11. The van der Waals surface area contributed by atoms with E-state index in [9.17, 15) is 8.78 Å². The molecule has 0 bridgehead atoms. The average molecular weight is 238 g/mol. The third-order valence-electron chi connectivity index (χ3n) is 2.04. The third kappa shape index (κ3) is 3.85. The molecule has 1 atom stereocenters. The number of halogens is 2. The number of nitriles is 1. The second-order valence-corrected chi connectivity index (χ2v) is 3.18. The van der Waals surface area contributed by atoms with Crippen molar-refractivity contribution in [3.05, 3.63) is 42.5 Å². The van der Waals surface area contributed by atoms with Crippen LogP contribution in [0.2, 0.25) is 0 Å². The maximum absolute atomic E-state index is 12.2. The fourth-order valence-electron chi connectivity index (χ4n) is 1.35. The number of nitrogens with zero attached hydrogens (tertiary/aromatic N) is 1. The van der Waals surface area contributed by atoms with E-state index in [1.54, 1.807) is 24.3 Å². The molecule has 0 aliphatic heterocycles. The lowest BCUT2D eigenvalue weighted by molar-refractivity contribution is -0.0505. The summed E-state index contributed by atoms with van der Waals surface area (Å²) >= 11 is 0. The Morgan fingerprint density at radius 1 is 1.47 bits per heavy atom. The molecule has 1 unspecified atom stereocenters. The average Bonchev–Trinajstić information content (AvgIpc) is 2.31. The van der Waals surface area contributed by atoms with Gasteiger partial charge in [-0.25, -0.2) is 0 Å². The lowest BCUT2D eigenvalue weighted by Gasteiger charge is -2.15. The highest BCUT2D eigenvalue weighted by Gasteiger charge is 2.16. The summed E-state index contributed by atoms with van der Waals surface area (Å²) in [4.78, 5) is 0. The Labute approximate surface area is 98.3 Å². The summed E-state index contributed by atoms with van der Waals surface area (Å²) in [6.07, 6.45) is 1.58. The number of para-hydroxylation sites is 1. The van der Waals surface area contributed by atoms with Crippen molar-refractivity contribution in [2.75, 3.05) is 6.54 Å². The van der Waals surface area contributed by atoms with Crippen molar-refractivity contribution in [1.29, 1.82) is 5.26 Å². The molecule has 0 saturated carbocycles. The van der Waals surface area contributed by atoms with Crippen LogP contribution in [0, 0.1) is 11.3 Å². The second kappa shape index (κ2) is 6.61. The minimum Gasteiger partial charge on any atom is -0.434 e. The Morgan fingerprint density at radius 2 is 2.18 bits per heavy atom. The predicted octanol–water partition coefficient (Wildman–Crippen LogP) is 2.63. The van der Waals surface area contributed by atoms with Crippen molar-refractivity contribution in [3.8, 4) is 11.8 Å². The van der Waals surface area contributed by atoms with Gasteiger partial charge in [-0.15, -0.1) is 6.58 Å². The van der Waals surface area contributed by atoms with Crippen molar-refractivity contribution < 1.29 is 13.5 Å². The van der Waals surface area contributed by atoms with Crippen molar-refractivity contribution in [1.82, 2.24) is 5.32 Å². The molecule has 0 aromatic heterocycles. The molecule has 5 heteroatoms. The van der Waals surface area contributed by atoms with E-state index < -0.39 is 12.7 Å². The highest BCUT2D eigenvalue weighted by molar-refractivity contribution is 5.38.